The first-order valence-corrected chi connectivity index (χ1v) is 3.66. The molecule has 0 unspecified atom stereocenters. The highest BCUT2D eigenvalue weighted by Gasteiger charge is 1.82. The summed E-state index contributed by atoms with van der Waals surface area (Å²) in [4.78, 5) is 1.03. The molecule has 0 saturated carbocycles. The third-order valence-corrected chi connectivity index (χ3v) is 1.30. The Morgan fingerprint density at radius 1 is 1.30 bits per heavy atom. The Labute approximate surface area is 67.0 Å². The molecule has 0 N–H and O–H groups in total. The Kier molecular flexibility index (Phi) is 2.57. The Balaban J connectivity index is 2.87. The summed E-state index contributed by atoms with van der Waals surface area (Å²) in [7, 11) is 0. The predicted molar refractivity (Wildman–Crippen MR) is 49.1 cm³/mol. The van der Waals surface area contributed by atoms with Gasteiger partial charge in [-0.2, -0.15) is 0 Å². The van der Waals surface area contributed by atoms with Crippen molar-refractivity contribution < 1.29 is 0 Å². The van der Waals surface area contributed by atoms with Crippen LogP contribution in [0.3, 0.4) is 0 Å². The lowest BCUT2D eigenvalue weighted by Crippen LogP contribution is -1.68. The monoisotopic (exact) mass is 150 g/mol. The van der Waals surface area contributed by atoms with Gasteiger partial charge in [-0.15, -0.1) is 12.6 Å². The predicted octanol–water partition coefficient (Wildman–Crippen LogP) is 2.98. The van der Waals surface area contributed by atoms with Crippen LogP contribution in [0.25, 0.3) is 6.08 Å². The molecule has 0 spiro atoms. The van der Waals surface area contributed by atoms with Crippen LogP contribution >= 0.6 is 12.6 Å². The lowest BCUT2D eigenvalue weighted by Gasteiger charge is -1.90. The molecule has 0 heterocycles. The van der Waals surface area contributed by atoms with Gasteiger partial charge in [0.1, 0.15) is 0 Å². The molecule has 1 aromatic carbocycles. The standard InChI is InChI=1S/C9H10S/c1-8(10)7-9-5-3-2-4-6-9/h2-7,10H,1H3/b8-7+. The molecule has 1 rings (SSSR count). The van der Waals surface area contributed by atoms with E-state index in [-0.39, 0.29) is 0 Å². The lowest BCUT2D eigenvalue weighted by molar-refractivity contribution is 1.63. The van der Waals surface area contributed by atoms with E-state index in [1.54, 1.807) is 0 Å². The molecule has 1 heteroatoms. The van der Waals surface area contributed by atoms with Crippen LogP contribution in [0.5, 0.6) is 0 Å². The lowest BCUT2D eigenvalue weighted by atomic mass is 10.2. The fraction of sp³-hybridized carbons (Fsp3) is 0.111. The first-order valence-electron chi connectivity index (χ1n) is 3.21. The van der Waals surface area contributed by atoms with E-state index >= 15 is 0 Å². The Bertz CT molecular complexity index is 220. The zero-order valence-corrected chi connectivity index (χ0v) is 6.81. The minimum Gasteiger partial charge on any atom is -0.148 e. The van der Waals surface area contributed by atoms with Crippen molar-refractivity contribution in [3.05, 3.63) is 40.8 Å². The van der Waals surface area contributed by atoms with Gasteiger partial charge < -0.3 is 0 Å². The first-order chi connectivity index (χ1) is 4.79. The molecule has 1 aromatic rings. The minimum atomic E-state index is 1.03. The van der Waals surface area contributed by atoms with Crippen molar-refractivity contribution in [3.63, 3.8) is 0 Å². The molecule has 0 aliphatic carbocycles. The molecule has 0 fully saturated rings. The molecule has 0 aliphatic heterocycles. The van der Waals surface area contributed by atoms with Gasteiger partial charge >= 0.3 is 0 Å². The highest BCUT2D eigenvalue weighted by Crippen LogP contribution is 2.07. The average Bonchev–Trinajstić information content (AvgIpc) is 1.88. The summed E-state index contributed by atoms with van der Waals surface area (Å²) in [6.07, 6.45) is 2.03. The number of hydrogen-bond acceptors (Lipinski definition) is 1. The maximum Gasteiger partial charge on any atom is -0.0209 e. The normalized spacial score (nSPS) is 11.6. The Hall–Kier alpha value is -0.690. The van der Waals surface area contributed by atoms with Crippen LogP contribution in [0, 0.1) is 0 Å². The molecule has 0 saturated heterocycles. The Morgan fingerprint density at radius 3 is 2.40 bits per heavy atom. The van der Waals surface area contributed by atoms with Gasteiger partial charge in [-0.3, -0.25) is 0 Å². The second-order valence-corrected chi connectivity index (χ2v) is 2.90. The minimum absolute atomic E-state index is 1.03. The molecule has 0 radical (unpaired) electrons. The third kappa shape index (κ3) is 2.28. The molecule has 0 nitrogen and oxygen atoms in total. The van der Waals surface area contributed by atoms with E-state index in [4.69, 9.17) is 0 Å². The summed E-state index contributed by atoms with van der Waals surface area (Å²) in [6.45, 7) is 1.97. The van der Waals surface area contributed by atoms with Crippen molar-refractivity contribution in [2.75, 3.05) is 0 Å². The number of rotatable bonds is 1. The summed E-state index contributed by atoms with van der Waals surface area (Å²) in [5.74, 6) is 0. The first kappa shape index (κ1) is 7.42. The van der Waals surface area contributed by atoms with Crippen molar-refractivity contribution in [3.8, 4) is 0 Å². The second-order valence-electron chi connectivity index (χ2n) is 2.20. The second kappa shape index (κ2) is 3.47. The fourth-order valence-electron chi connectivity index (χ4n) is 0.790. The zero-order valence-electron chi connectivity index (χ0n) is 5.91. The summed E-state index contributed by atoms with van der Waals surface area (Å²) >= 11 is 4.17. The van der Waals surface area contributed by atoms with Gasteiger partial charge in [-0.1, -0.05) is 30.3 Å². The van der Waals surface area contributed by atoms with Gasteiger partial charge in [0.05, 0.1) is 0 Å². The van der Waals surface area contributed by atoms with E-state index in [1.807, 2.05) is 31.2 Å². The average molecular weight is 150 g/mol. The highest BCUT2D eigenvalue weighted by atomic mass is 32.1. The van der Waals surface area contributed by atoms with Crippen molar-refractivity contribution in [2.45, 2.75) is 6.92 Å². The quantitative estimate of drug-likeness (QED) is 0.584. The van der Waals surface area contributed by atoms with Gasteiger partial charge in [0, 0.05) is 0 Å². The zero-order chi connectivity index (χ0) is 7.40. The number of benzene rings is 1. The number of allylic oxidation sites excluding steroid dienone is 1. The molecule has 0 aromatic heterocycles. The fourth-order valence-corrected chi connectivity index (χ4v) is 0.940. The number of thiol groups is 1. The molecule has 0 amide bonds. The van der Waals surface area contributed by atoms with Gasteiger partial charge in [-0.05, 0) is 23.5 Å². The molecule has 0 atom stereocenters. The van der Waals surface area contributed by atoms with E-state index in [1.165, 1.54) is 5.56 Å². The van der Waals surface area contributed by atoms with Crippen LogP contribution in [0.1, 0.15) is 12.5 Å². The van der Waals surface area contributed by atoms with Crippen molar-refractivity contribution >= 4 is 18.7 Å². The maximum atomic E-state index is 4.17. The van der Waals surface area contributed by atoms with E-state index in [9.17, 15) is 0 Å². The molecule has 0 aliphatic rings. The van der Waals surface area contributed by atoms with Crippen molar-refractivity contribution in [1.82, 2.24) is 0 Å². The maximum absolute atomic E-state index is 4.17. The highest BCUT2D eigenvalue weighted by molar-refractivity contribution is 7.84. The van der Waals surface area contributed by atoms with Crippen LogP contribution < -0.4 is 0 Å². The van der Waals surface area contributed by atoms with E-state index < -0.39 is 0 Å². The smallest absolute Gasteiger partial charge is 0.0209 e. The van der Waals surface area contributed by atoms with Crippen LogP contribution in [0.2, 0.25) is 0 Å². The van der Waals surface area contributed by atoms with E-state index in [0.717, 1.165) is 4.91 Å². The molecule has 10 heavy (non-hydrogen) atoms. The molecule has 0 bridgehead atoms. The van der Waals surface area contributed by atoms with E-state index in [2.05, 4.69) is 24.8 Å². The topological polar surface area (TPSA) is 0 Å². The molecular weight excluding hydrogens is 140 g/mol. The Morgan fingerprint density at radius 2 is 1.90 bits per heavy atom. The van der Waals surface area contributed by atoms with Crippen LogP contribution in [-0.4, -0.2) is 0 Å². The third-order valence-electron chi connectivity index (χ3n) is 1.18. The van der Waals surface area contributed by atoms with Gasteiger partial charge in [0.2, 0.25) is 0 Å². The number of hydrogen-bond donors (Lipinski definition) is 1. The largest absolute Gasteiger partial charge is 0.148 e. The van der Waals surface area contributed by atoms with Gasteiger partial charge in [-0.25, -0.2) is 0 Å². The van der Waals surface area contributed by atoms with Gasteiger partial charge in [0.15, 0.2) is 0 Å². The van der Waals surface area contributed by atoms with Crippen molar-refractivity contribution in [2.24, 2.45) is 0 Å². The molecular formula is C9H10S. The molecule has 52 valence electrons. The summed E-state index contributed by atoms with van der Waals surface area (Å²) < 4.78 is 0. The summed E-state index contributed by atoms with van der Waals surface area (Å²) in [6, 6.07) is 10.1. The summed E-state index contributed by atoms with van der Waals surface area (Å²) in [5, 5.41) is 0. The van der Waals surface area contributed by atoms with Crippen molar-refractivity contribution in [1.29, 1.82) is 0 Å². The van der Waals surface area contributed by atoms with Gasteiger partial charge in [0.25, 0.3) is 0 Å². The van der Waals surface area contributed by atoms with Crippen LogP contribution in [-0.2, 0) is 0 Å². The van der Waals surface area contributed by atoms with E-state index in [0.29, 0.717) is 0 Å². The SMILES string of the molecule is C/C(S)=C\c1ccccc1. The summed E-state index contributed by atoms with van der Waals surface area (Å²) in [5.41, 5.74) is 1.20. The van der Waals surface area contributed by atoms with Crippen LogP contribution in [0.15, 0.2) is 35.2 Å². The van der Waals surface area contributed by atoms with Crippen LogP contribution in [0.4, 0.5) is 0 Å².